The van der Waals surface area contributed by atoms with E-state index >= 15 is 0 Å². The van der Waals surface area contributed by atoms with Crippen LogP contribution < -0.4 is 5.32 Å². The van der Waals surface area contributed by atoms with E-state index in [2.05, 4.69) is 5.32 Å². The minimum absolute atomic E-state index is 0.0855. The van der Waals surface area contributed by atoms with E-state index in [-0.39, 0.29) is 17.6 Å². The number of thiophene rings is 1. The van der Waals surface area contributed by atoms with Gasteiger partial charge in [-0.05, 0) is 56.1 Å². The Labute approximate surface area is 162 Å². The van der Waals surface area contributed by atoms with Crippen molar-refractivity contribution in [2.45, 2.75) is 32.0 Å². The molecule has 1 aromatic carbocycles. The Balaban J connectivity index is 1.62. The smallest absolute Gasteiger partial charge is 0.264 e. The molecule has 2 aromatic rings. The van der Waals surface area contributed by atoms with Gasteiger partial charge in [-0.1, -0.05) is 12.1 Å². The van der Waals surface area contributed by atoms with Gasteiger partial charge in [-0.3, -0.25) is 9.59 Å². The van der Waals surface area contributed by atoms with Gasteiger partial charge in [-0.2, -0.15) is 0 Å². The van der Waals surface area contributed by atoms with Crippen LogP contribution in [0, 0.1) is 5.82 Å². The lowest BCUT2D eigenvalue weighted by Gasteiger charge is -2.23. The van der Waals surface area contributed by atoms with Crippen LogP contribution in [0.2, 0.25) is 0 Å². The van der Waals surface area contributed by atoms with Crippen LogP contribution in [-0.2, 0) is 17.9 Å². The van der Waals surface area contributed by atoms with E-state index in [0.717, 1.165) is 12.0 Å². The Kier molecular flexibility index (Phi) is 6.23. The van der Waals surface area contributed by atoms with Crippen LogP contribution in [0.1, 0.15) is 33.6 Å². The van der Waals surface area contributed by atoms with Crippen LogP contribution in [0.3, 0.4) is 0 Å². The molecule has 7 heteroatoms. The van der Waals surface area contributed by atoms with Gasteiger partial charge in [0, 0.05) is 25.2 Å². The molecule has 0 aliphatic carbocycles. The Morgan fingerprint density at radius 3 is 2.85 bits per heavy atom. The quantitative estimate of drug-likeness (QED) is 0.827. The highest BCUT2D eigenvalue weighted by atomic mass is 32.1. The molecule has 0 spiro atoms. The highest BCUT2D eigenvalue weighted by Gasteiger charge is 2.34. The average Bonchev–Trinajstić information content (AvgIpc) is 3.33. The van der Waals surface area contributed by atoms with Gasteiger partial charge in [0.2, 0.25) is 5.91 Å². The molecule has 1 saturated heterocycles. The van der Waals surface area contributed by atoms with Gasteiger partial charge in [-0.15, -0.1) is 11.3 Å². The fourth-order valence-corrected chi connectivity index (χ4v) is 4.01. The lowest BCUT2D eigenvalue weighted by molar-refractivity contribution is -0.125. The number of nitrogens with one attached hydrogen (secondary N) is 1. The fraction of sp³-hybridized carbons (Fsp3) is 0.400. The molecular weight excluding hydrogens is 365 g/mol. The molecule has 1 aliphatic rings. The topological polar surface area (TPSA) is 52.7 Å². The summed E-state index contributed by atoms with van der Waals surface area (Å²) >= 11 is 1.39. The maximum absolute atomic E-state index is 13.9. The molecule has 144 valence electrons. The van der Waals surface area contributed by atoms with Crippen LogP contribution >= 0.6 is 11.3 Å². The molecule has 1 N–H and O–H groups in total. The van der Waals surface area contributed by atoms with Crippen molar-refractivity contribution in [3.63, 3.8) is 0 Å². The second-order valence-electron chi connectivity index (χ2n) is 7.02. The highest BCUT2D eigenvalue weighted by molar-refractivity contribution is 7.12. The van der Waals surface area contributed by atoms with Crippen molar-refractivity contribution in [3.8, 4) is 0 Å². The molecule has 2 amide bonds. The summed E-state index contributed by atoms with van der Waals surface area (Å²) in [5.74, 6) is -0.490. The molecule has 1 atom stereocenters. The molecule has 5 nitrogen and oxygen atoms in total. The first-order valence-electron chi connectivity index (χ1n) is 9.00. The molecule has 0 unspecified atom stereocenters. The van der Waals surface area contributed by atoms with Crippen molar-refractivity contribution in [1.82, 2.24) is 15.1 Å². The van der Waals surface area contributed by atoms with E-state index < -0.39 is 6.04 Å². The summed E-state index contributed by atoms with van der Waals surface area (Å²) in [5.41, 5.74) is 1.44. The van der Waals surface area contributed by atoms with Crippen molar-refractivity contribution in [2.24, 2.45) is 0 Å². The number of carbonyl (C=O) groups is 2. The first-order valence-corrected chi connectivity index (χ1v) is 9.88. The number of benzene rings is 1. The van der Waals surface area contributed by atoms with E-state index in [4.69, 9.17) is 0 Å². The zero-order valence-electron chi connectivity index (χ0n) is 15.6. The summed E-state index contributed by atoms with van der Waals surface area (Å²) < 4.78 is 13.9. The zero-order chi connectivity index (χ0) is 19.4. The molecule has 3 rings (SSSR count). The molecule has 2 heterocycles. The maximum atomic E-state index is 13.9. The van der Waals surface area contributed by atoms with Crippen LogP contribution in [-0.4, -0.2) is 48.3 Å². The van der Waals surface area contributed by atoms with E-state index in [1.807, 2.05) is 30.4 Å². The number of carbonyl (C=O) groups excluding carboxylic acids is 2. The van der Waals surface area contributed by atoms with E-state index in [9.17, 15) is 14.0 Å². The van der Waals surface area contributed by atoms with Crippen LogP contribution in [0.5, 0.6) is 0 Å². The fourth-order valence-electron chi connectivity index (χ4n) is 3.33. The van der Waals surface area contributed by atoms with Gasteiger partial charge in [0.25, 0.3) is 5.91 Å². The number of nitrogens with zero attached hydrogens (tertiary/aromatic N) is 2. The SMILES string of the molecule is CN(C)Cc1cc(CNC(=O)[C@@H]2CCCN2C(=O)c2cccs2)ccc1F. The third kappa shape index (κ3) is 4.73. The Morgan fingerprint density at radius 2 is 2.15 bits per heavy atom. The molecule has 1 aromatic heterocycles. The van der Waals surface area contributed by atoms with Gasteiger partial charge in [0.1, 0.15) is 11.9 Å². The van der Waals surface area contributed by atoms with Gasteiger partial charge >= 0.3 is 0 Å². The number of likely N-dealkylation sites (tertiary alicyclic amines) is 1. The summed E-state index contributed by atoms with van der Waals surface area (Å²) in [6.07, 6.45) is 1.48. The van der Waals surface area contributed by atoms with Crippen molar-refractivity contribution in [3.05, 3.63) is 57.5 Å². The molecule has 27 heavy (non-hydrogen) atoms. The maximum Gasteiger partial charge on any atom is 0.264 e. The standard InChI is InChI=1S/C20H24FN3O2S/c1-23(2)13-15-11-14(7-8-16(15)21)12-22-19(25)17-5-3-9-24(17)20(26)18-6-4-10-27-18/h4,6-8,10-11,17H,3,5,9,12-13H2,1-2H3,(H,22,25)/t17-/m0/s1. The van der Waals surface area contributed by atoms with Crippen molar-refractivity contribution in [2.75, 3.05) is 20.6 Å². The summed E-state index contributed by atoms with van der Waals surface area (Å²) in [6.45, 7) is 1.41. The molecule has 1 aliphatic heterocycles. The van der Waals surface area contributed by atoms with E-state index in [1.54, 1.807) is 23.1 Å². The average molecular weight is 389 g/mol. The second-order valence-corrected chi connectivity index (χ2v) is 7.96. The van der Waals surface area contributed by atoms with Crippen molar-refractivity contribution >= 4 is 23.2 Å². The van der Waals surface area contributed by atoms with Crippen LogP contribution in [0.15, 0.2) is 35.7 Å². The lowest BCUT2D eigenvalue weighted by atomic mass is 10.1. The lowest BCUT2D eigenvalue weighted by Crippen LogP contribution is -2.45. The molecule has 0 radical (unpaired) electrons. The first kappa shape index (κ1) is 19.5. The minimum Gasteiger partial charge on any atom is -0.350 e. The van der Waals surface area contributed by atoms with Crippen LogP contribution in [0.25, 0.3) is 0 Å². The number of amides is 2. The zero-order valence-corrected chi connectivity index (χ0v) is 16.4. The van der Waals surface area contributed by atoms with Gasteiger partial charge in [-0.25, -0.2) is 4.39 Å². The molecule has 0 bridgehead atoms. The largest absolute Gasteiger partial charge is 0.350 e. The molecule has 1 fully saturated rings. The monoisotopic (exact) mass is 389 g/mol. The van der Waals surface area contributed by atoms with Crippen LogP contribution in [0.4, 0.5) is 4.39 Å². The molecule has 0 saturated carbocycles. The Hall–Kier alpha value is -2.25. The summed E-state index contributed by atoms with van der Waals surface area (Å²) in [6, 6.07) is 8.06. The van der Waals surface area contributed by atoms with Gasteiger partial charge in [0.05, 0.1) is 4.88 Å². The number of hydrogen-bond donors (Lipinski definition) is 1. The van der Waals surface area contributed by atoms with Gasteiger partial charge in [0.15, 0.2) is 0 Å². The number of halogens is 1. The minimum atomic E-state index is -0.443. The predicted molar refractivity (Wildman–Crippen MR) is 104 cm³/mol. The van der Waals surface area contributed by atoms with Crippen molar-refractivity contribution in [1.29, 1.82) is 0 Å². The van der Waals surface area contributed by atoms with E-state index in [1.165, 1.54) is 17.4 Å². The third-order valence-corrected chi connectivity index (χ3v) is 5.47. The summed E-state index contributed by atoms with van der Waals surface area (Å²) in [5, 5.41) is 4.76. The van der Waals surface area contributed by atoms with E-state index in [0.29, 0.717) is 36.5 Å². The number of hydrogen-bond acceptors (Lipinski definition) is 4. The van der Waals surface area contributed by atoms with Gasteiger partial charge < -0.3 is 15.1 Å². The predicted octanol–water partition coefficient (Wildman–Crippen LogP) is 2.87. The number of rotatable bonds is 6. The Bertz CT molecular complexity index is 808. The second kappa shape index (κ2) is 8.63. The first-order chi connectivity index (χ1) is 13.0. The van der Waals surface area contributed by atoms with Crippen molar-refractivity contribution < 1.29 is 14.0 Å². The summed E-state index contributed by atoms with van der Waals surface area (Å²) in [7, 11) is 3.76. The normalized spacial score (nSPS) is 16.7. The third-order valence-electron chi connectivity index (χ3n) is 4.61. The summed E-state index contributed by atoms with van der Waals surface area (Å²) in [4.78, 5) is 29.4. The molecular formula is C20H24FN3O2S. The highest BCUT2D eigenvalue weighted by Crippen LogP contribution is 2.22. The Morgan fingerprint density at radius 1 is 1.33 bits per heavy atom.